The molecule has 2 aromatic rings. The molecule has 5 heteroatoms. The number of likely N-dealkylation sites (tertiary alicyclic amines) is 1. The molecule has 2 heterocycles. The first-order chi connectivity index (χ1) is 11.6. The van der Waals surface area contributed by atoms with Gasteiger partial charge in [-0.3, -0.25) is 14.6 Å². The maximum atomic E-state index is 12.6. The van der Waals surface area contributed by atoms with Crippen molar-refractivity contribution in [3.05, 3.63) is 36.0 Å². The van der Waals surface area contributed by atoms with Crippen molar-refractivity contribution in [1.29, 1.82) is 0 Å². The third-order valence-electron chi connectivity index (χ3n) is 4.60. The number of benzene rings is 1. The van der Waals surface area contributed by atoms with E-state index in [1.54, 1.807) is 4.90 Å². The Morgan fingerprint density at radius 3 is 2.83 bits per heavy atom. The zero-order valence-electron chi connectivity index (χ0n) is 14.2. The van der Waals surface area contributed by atoms with Crippen LogP contribution in [0.1, 0.15) is 32.4 Å². The van der Waals surface area contributed by atoms with Gasteiger partial charge in [0.05, 0.1) is 17.1 Å². The SMILES string of the molecule is CCC(=O)N1CCC(C(=O)Nc2cc(CC)nc3ccccc23)C1. The molecule has 1 aliphatic rings. The van der Waals surface area contributed by atoms with Crippen molar-refractivity contribution in [1.82, 2.24) is 9.88 Å². The van der Waals surface area contributed by atoms with E-state index in [0.717, 1.165) is 35.1 Å². The largest absolute Gasteiger partial charge is 0.342 e. The van der Waals surface area contributed by atoms with E-state index >= 15 is 0 Å². The van der Waals surface area contributed by atoms with Crippen LogP contribution in [0, 0.1) is 5.92 Å². The second-order valence-corrected chi connectivity index (χ2v) is 6.20. The molecule has 1 saturated heterocycles. The van der Waals surface area contributed by atoms with Gasteiger partial charge in [-0.25, -0.2) is 0 Å². The third-order valence-corrected chi connectivity index (χ3v) is 4.60. The van der Waals surface area contributed by atoms with E-state index in [9.17, 15) is 9.59 Å². The van der Waals surface area contributed by atoms with Crippen LogP contribution in [0.2, 0.25) is 0 Å². The molecule has 1 fully saturated rings. The zero-order valence-corrected chi connectivity index (χ0v) is 14.2. The summed E-state index contributed by atoms with van der Waals surface area (Å²) in [6.45, 7) is 5.09. The number of aromatic nitrogens is 1. The number of carbonyl (C=O) groups is 2. The molecule has 1 N–H and O–H groups in total. The highest BCUT2D eigenvalue weighted by Crippen LogP contribution is 2.25. The summed E-state index contributed by atoms with van der Waals surface area (Å²) in [6, 6.07) is 9.78. The summed E-state index contributed by atoms with van der Waals surface area (Å²) in [6.07, 6.45) is 2.03. The van der Waals surface area contributed by atoms with E-state index in [-0.39, 0.29) is 17.7 Å². The highest BCUT2D eigenvalue weighted by molar-refractivity contribution is 6.02. The van der Waals surface area contributed by atoms with Gasteiger partial charge in [-0.2, -0.15) is 0 Å². The fourth-order valence-electron chi connectivity index (χ4n) is 3.17. The van der Waals surface area contributed by atoms with E-state index in [0.29, 0.717) is 19.5 Å². The Morgan fingerprint density at radius 1 is 1.29 bits per heavy atom. The number of hydrogen-bond donors (Lipinski definition) is 1. The Bertz CT molecular complexity index is 772. The van der Waals surface area contributed by atoms with Gasteiger partial charge in [-0.15, -0.1) is 0 Å². The molecule has 1 atom stereocenters. The highest BCUT2D eigenvalue weighted by atomic mass is 16.2. The average molecular weight is 325 g/mol. The lowest BCUT2D eigenvalue weighted by Crippen LogP contribution is -2.31. The number of nitrogens with zero attached hydrogens (tertiary/aromatic N) is 2. The molecule has 0 aliphatic carbocycles. The van der Waals surface area contributed by atoms with Gasteiger partial charge in [-0.1, -0.05) is 32.0 Å². The average Bonchev–Trinajstić information content (AvgIpc) is 3.11. The molecule has 3 rings (SSSR count). The van der Waals surface area contributed by atoms with Crippen LogP contribution in [0.4, 0.5) is 5.69 Å². The maximum Gasteiger partial charge on any atom is 0.229 e. The first-order valence-electron chi connectivity index (χ1n) is 8.59. The van der Waals surface area contributed by atoms with E-state index in [1.165, 1.54) is 0 Å². The maximum absolute atomic E-state index is 12.6. The molecule has 1 unspecified atom stereocenters. The van der Waals surface area contributed by atoms with E-state index in [2.05, 4.69) is 10.3 Å². The second-order valence-electron chi connectivity index (χ2n) is 6.20. The molecule has 0 bridgehead atoms. The Labute approximate surface area is 142 Å². The van der Waals surface area contributed by atoms with Crippen molar-refractivity contribution in [3.63, 3.8) is 0 Å². The first-order valence-corrected chi connectivity index (χ1v) is 8.59. The van der Waals surface area contributed by atoms with Crippen LogP contribution in [-0.2, 0) is 16.0 Å². The number of nitrogens with one attached hydrogen (secondary N) is 1. The number of fused-ring (bicyclic) bond motifs is 1. The van der Waals surface area contributed by atoms with Gasteiger partial charge in [-0.05, 0) is 25.0 Å². The van der Waals surface area contributed by atoms with Crippen molar-refractivity contribution in [3.8, 4) is 0 Å². The van der Waals surface area contributed by atoms with Crippen LogP contribution in [-0.4, -0.2) is 34.8 Å². The summed E-state index contributed by atoms with van der Waals surface area (Å²) in [7, 11) is 0. The molecular formula is C19H23N3O2. The van der Waals surface area contributed by atoms with Crippen LogP contribution < -0.4 is 5.32 Å². The monoisotopic (exact) mass is 325 g/mol. The van der Waals surface area contributed by atoms with Crippen LogP contribution in [0.25, 0.3) is 10.9 Å². The van der Waals surface area contributed by atoms with Gasteiger partial charge in [0.1, 0.15) is 0 Å². The van der Waals surface area contributed by atoms with Gasteiger partial charge in [0.2, 0.25) is 11.8 Å². The smallest absolute Gasteiger partial charge is 0.229 e. The van der Waals surface area contributed by atoms with Crippen molar-refractivity contribution in [2.75, 3.05) is 18.4 Å². The second kappa shape index (κ2) is 6.99. The quantitative estimate of drug-likeness (QED) is 0.940. The minimum Gasteiger partial charge on any atom is -0.342 e. The van der Waals surface area contributed by atoms with Crippen LogP contribution >= 0.6 is 0 Å². The number of para-hydroxylation sites is 1. The predicted molar refractivity (Wildman–Crippen MR) is 94.7 cm³/mol. The lowest BCUT2D eigenvalue weighted by molar-refractivity contribution is -0.130. The molecule has 1 aliphatic heterocycles. The lowest BCUT2D eigenvalue weighted by atomic mass is 10.1. The summed E-state index contributed by atoms with van der Waals surface area (Å²) in [5.41, 5.74) is 2.65. The Morgan fingerprint density at radius 2 is 2.08 bits per heavy atom. The Hall–Kier alpha value is -2.43. The fourth-order valence-corrected chi connectivity index (χ4v) is 3.17. The molecule has 126 valence electrons. The zero-order chi connectivity index (χ0) is 17.1. The van der Waals surface area contributed by atoms with Crippen molar-refractivity contribution >= 4 is 28.4 Å². The number of carbonyl (C=O) groups excluding carboxylic acids is 2. The molecule has 0 radical (unpaired) electrons. The molecule has 1 aromatic heterocycles. The van der Waals surface area contributed by atoms with Crippen LogP contribution in [0.5, 0.6) is 0 Å². The van der Waals surface area contributed by atoms with Crippen molar-refractivity contribution < 1.29 is 9.59 Å². The summed E-state index contributed by atoms with van der Waals surface area (Å²) in [5, 5.41) is 4.01. The highest BCUT2D eigenvalue weighted by Gasteiger charge is 2.30. The van der Waals surface area contributed by atoms with Gasteiger partial charge < -0.3 is 10.2 Å². The van der Waals surface area contributed by atoms with E-state index in [1.807, 2.05) is 44.2 Å². The van der Waals surface area contributed by atoms with Gasteiger partial charge >= 0.3 is 0 Å². The van der Waals surface area contributed by atoms with Crippen LogP contribution in [0.15, 0.2) is 30.3 Å². The minimum atomic E-state index is -0.141. The molecule has 2 amide bonds. The summed E-state index contributed by atoms with van der Waals surface area (Å²) < 4.78 is 0. The number of rotatable bonds is 4. The van der Waals surface area contributed by atoms with Crippen LogP contribution in [0.3, 0.4) is 0 Å². The number of anilines is 1. The Balaban J connectivity index is 1.80. The normalized spacial score (nSPS) is 17.2. The first kappa shape index (κ1) is 16.4. The summed E-state index contributed by atoms with van der Waals surface area (Å²) in [5.74, 6) is -0.0368. The lowest BCUT2D eigenvalue weighted by Gasteiger charge is -2.16. The molecule has 5 nitrogen and oxygen atoms in total. The topological polar surface area (TPSA) is 62.3 Å². The fraction of sp³-hybridized carbons (Fsp3) is 0.421. The standard InChI is InChI=1S/C19H23N3O2/c1-3-14-11-17(15-7-5-6-8-16(15)20-14)21-19(24)13-9-10-22(12-13)18(23)4-2/h5-8,11,13H,3-4,9-10,12H2,1-2H3,(H,20,21,24). The van der Waals surface area contributed by atoms with Gasteiger partial charge in [0, 0.05) is 30.6 Å². The Kier molecular flexibility index (Phi) is 4.79. The van der Waals surface area contributed by atoms with Crippen molar-refractivity contribution in [2.24, 2.45) is 5.92 Å². The van der Waals surface area contributed by atoms with Crippen molar-refractivity contribution in [2.45, 2.75) is 33.1 Å². The number of amides is 2. The number of aryl methyl sites for hydroxylation is 1. The summed E-state index contributed by atoms with van der Waals surface area (Å²) in [4.78, 5) is 30.8. The van der Waals surface area contributed by atoms with Gasteiger partial charge in [0.25, 0.3) is 0 Å². The molecule has 0 spiro atoms. The predicted octanol–water partition coefficient (Wildman–Crippen LogP) is 2.99. The van der Waals surface area contributed by atoms with Gasteiger partial charge in [0.15, 0.2) is 0 Å². The summed E-state index contributed by atoms with van der Waals surface area (Å²) >= 11 is 0. The minimum absolute atomic E-state index is 0.0141. The van der Waals surface area contributed by atoms with E-state index in [4.69, 9.17) is 0 Å². The molecular weight excluding hydrogens is 302 g/mol. The number of pyridine rings is 1. The molecule has 0 saturated carbocycles. The van der Waals surface area contributed by atoms with E-state index < -0.39 is 0 Å². The number of hydrogen-bond acceptors (Lipinski definition) is 3. The third kappa shape index (κ3) is 3.25. The molecule has 1 aromatic carbocycles. The molecule has 24 heavy (non-hydrogen) atoms.